The molecule has 0 atom stereocenters. The summed E-state index contributed by atoms with van der Waals surface area (Å²) in [5.74, 6) is -2.09. The lowest BCUT2D eigenvalue weighted by atomic mass is 10.1. The highest BCUT2D eigenvalue weighted by Crippen LogP contribution is 2.10. The Morgan fingerprint density at radius 2 is 1.72 bits per heavy atom. The van der Waals surface area contributed by atoms with Crippen LogP contribution >= 0.6 is 0 Å². The molecule has 1 aromatic carbocycles. The van der Waals surface area contributed by atoms with Gasteiger partial charge in [-0.3, -0.25) is 9.59 Å². The Labute approximate surface area is 104 Å². The molecule has 0 spiro atoms. The van der Waals surface area contributed by atoms with E-state index >= 15 is 0 Å². The lowest BCUT2D eigenvalue weighted by Gasteiger charge is -2.06. The summed E-state index contributed by atoms with van der Waals surface area (Å²) in [5, 5.41) is 12.7. The van der Waals surface area contributed by atoms with Crippen molar-refractivity contribution >= 4 is 23.5 Å². The van der Waals surface area contributed by atoms with E-state index in [0.717, 1.165) is 5.56 Å². The van der Waals surface area contributed by atoms with Crippen LogP contribution in [0.15, 0.2) is 24.3 Å². The monoisotopic (exact) mass is 249 g/mol. The molecule has 0 fully saturated rings. The Kier molecular flexibility index (Phi) is 4.86. The van der Waals surface area contributed by atoms with Crippen molar-refractivity contribution in [1.29, 1.82) is 0 Å². The Hall–Kier alpha value is -2.37. The van der Waals surface area contributed by atoms with E-state index in [1.165, 1.54) is 0 Å². The third kappa shape index (κ3) is 5.11. The largest absolute Gasteiger partial charge is 0.550 e. The van der Waals surface area contributed by atoms with Crippen LogP contribution in [0.4, 0.5) is 5.69 Å². The van der Waals surface area contributed by atoms with Gasteiger partial charge in [0.2, 0.25) is 11.8 Å². The number of nitrogens with two attached hydrogens (primary N) is 1. The number of carboxylic acid groups (broad SMARTS) is 1. The van der Waals surface area contributed by atoms with Crippen LogP contribution < -0.4 is 16.2 Å². The van der Waals surface area contributed by atoms with Crippen LogP contribution in [0.2, 0.25) is 0 Å². The van der Waals surface area contributed by atoms with Crippen molar-refractivity contribution in [1.82, 2.24) is 0 Å². The first kappa shape index (κ1) is 13.7. The van der Waals surface area contributed by atoms with E-state index < -0.39 is 17.8 Å². The van der Waals surface area contributed by atoms with E-state index in [9.17, 15) is 19.5 Å². The predicted octanol–water partition coefficient (Wildman–Crippen LogP) is -0.817. The second-order valence-electron chi connectivity index (χ2n) is 3.76. The van der Waals surface area contributed by atoms with Gasteiger partial charge >= 0.3 is 0 Å². The molecule has 2 amide bonds. The van der Waals surface area contributed by atoms with Gasteiger partial charge in [-0.05, 0) is 24.1 Å². The quantitative estimate of drug-likeness (QED) is 0.686. The molecular formula is C12H13N2O4-. The topological polar surface area (TPSA) is 112 Å². The maximum Gasteiger partial charge on any atom is 0.224 e. The van der Waals surface area contributed by atoms with Crippen LogP contribution in [-0.2, 0) is 20.8 Å². The van der Waals surface area contributed by atoms with Crippen molar-refractivity contribution in [2.45, 2.75) is 19.3 Å². The summed E-state index contributed by atoms with van der Waals surface area (Å²) in [6.07, 6.45) is -0.310. The summed E-state index contributed by atoms with van der Waals surface area (Å²) < 4.78 is 0. The molecule has 3 N–H and O–H groups in total. The maximum atomic E-state index is 11.3. The number of anilines is 1. The number of hydrogen-bond donors (Lipinski definition) is 2. The number of carboxylic acids is 1. The summed E-state index contributed by atoms with van der Waals surface area (Å²) in [6.45, 7) is 0. The van der Waals surface area contributed by atoms with Gasteiger partial charge in [0.15, 0.2) is 0 Å². The van der Waals surface area contributed by atoms with Gasteiger partial charge in [0, 0.05) is 18.1 Å². The van der Waals surface area contributed by atoms with Crippen LogP contribution in [0.5, 0.6) is 0 Å². The summed E-state index contributed by atoms with van der Waals surface area (Å²) in [7, 11) is 0. The molecule has 18 heavy (non-hydrogen) atoms. The van der Waals surface area contributed by atoms with E-state index in [1.54, 1.807) is 24.3 Å². The molecule has 0 aromatic heterocycles. The second-order valence-corrected chi connectivity index (χ2v) is 3.76. The van der Waals surface area contributed by atoms with Gasteiger partial charge in [-0.2, -0.15) is 0 Å². The Balaban J connectivity index is 2.50. The van der Waals surface area contributed by atoms with E-state index in [1.807, 2.05) is 0 Å². The van der Waals surface area contributed by atoms with Crippen molar-refractivity contribution < 1.29 is 19.5 Å². The van der Waals surface area contributed by atoms with Crippen LogP contribution in [0.3, 0.4) is 0 Å². The molecule has 1 rings (SSSR count). The molecular weight excluding hydrogens is 236 g/mol. The van der Waals surface area contributed by atoms with Gasteiger partial charge < -0.3 is 21.0 Å². The Morgan fingerprint density at radius 3 is 2.22 bits per heavy atom. The molecule has 0 aliphatic rings. The van der Waals surface area contributed by atoms with Crippen LogP contribution in [0.1, 0.15) is 18.4 Å². The molecule has 0 aliphatic heterocycles. The normalized spacial score (nSPS) is 9.78. The number of nitrogens with one attached hydrogen (secondary N) is 1. The first-order chi connectivity index (χ1) is 8.47. The predicted molar refractivity (Wildman–Crippen MR) is 62.2 cm³/mol. The fraction of sp³-hybridized carbons (Fsp3) is 0.250. The molecule has 1 aromatic rings. The molecule has 0 heterocycles. The number of aliphatic carboxylic acids is 1. The van der Waals surface area contributed by atoms with Gasteiger partial charge in [0.1, 0.15) is 0 Å². The van der Waals surface area contributed by atoms with Gasteiger partial charge in [-0.1, -0.05) is 12.1 Å². The zero-order valence-electron chi connectivity index (χ0n) is 9.64. The van der Waals surface area contributed by atoms with Crippen molar-refractivity contribution in [2.75, 3.05) is 5.32 Å². The van der Waals surface area contributed by atoms with Crippen LogP contribution in [-0.4, -0.2) is 17.8 Å². The summed E-state index contributed by atoms with van der Waals surface area (Å²) in [4.78, 5) is 32.1. The van der Waals surface area contributed by atoms with Gasteiger partial charge in [0.05, 0.1) is 6.42 Å². The Bertz CT molecular complexity index is 454. The first-order valence-corrected chi connectivity index (χ1v) is 5.34. The zero-order chi connectivity index (χ0) is 13.5. The molecule has 0 aliphatic carbocycles. The summed E-state index contributed by atoms with van der Waals surface area (Å²) in [5.41, 5.74) is 6.32. The molecule has 0 unspecified atom stereocenters. The summed E-state index contributed by atoms with van der Waals surface area (Å²) >= 11 is 0. The SMILES string of the molecule is NC(=O)Cc1ccc(NC(=O)CCC(=O)[O-])cc1. The molecule has 0 saturated heterocycles. The standard InChI is InChI=1S/C12H14N2O4/c13-10(15)7-8-1-3-9(4-2-8)14-11(16)5-6-12(17)18/h1-4H,5-7H2,(H2,13,15)(H,14,16)(H,17,18)/p-1. The number of amides is 2. The smallest absolute Gasteiger partial charge is 0.224 e. The molecule has 96 valence electrons. The summed E-state index contributed by atoms with van der Waals surface area (Å²) in [6, 6.07) is 6.57. The van der Waals surface area contributed by atoms with E-state index in [2.05, 4.69) is 5.32 Å². The molecule has 0 radical (unpaired) electrons. The molecule has 6 nitrogen and oxygen atoms in total. The third-order valence-corrected chi connectivity index (χ3v) is 2.17. The van der Waals surface area contributed by atoms with E-state index in [4.69, 9.17) is 5.73 Å². The first-order valence-electron chi connectivity index (χ1n) is 5.34. The lowest BCUT2D eigenvalue weighted by molar-refractivity contribution is -0.305. The number of primary amides is 1. The van der Waals surface area contributed by atoms with Gasteiger partial charge in [-0.15, -0.1) is 0 Å². The number of benzene rings is 1. The van der Waals surface area contributed by atoms with Crippen molar-refractivity contribution in [3.63, 3.8) is 0 Å². The van der Waals surface area contributed by atoms with Crippen molar-refractivity contribution in [2.24, 2.45) is 5.73 Å². The van der Waals surface area contributed by atoms with Crippen molar-refractivity contribution in [3.05, 3.63) is 29.8 Å². The van der Waals surface area contributed by atoms with Crippen LogP contribution in [0.25, 0.3) is 0 Å². The maximum absolute atomic E-state index is 11.3. The Morgan fingerprint density at radius 1 is 1.11 bits per heavy atom. The second kappa shape index (κ2) is 6.39. The molecule has 0 bridgehead atoms. The molecule has 6 heteroatoms. The number of rotatable bonds is 6. The number of hydrogen-bond acceptors (Lipinski definition) is 4. The number of carbonyl (C=O) groups is 3. The lowest BCUT2D eigenvalue weighted by Crippen LogP contribution is -2.24. The van der Waals surface area contributed by atoms with Crippen molar-refractivity contribution in [3.8, 4) is 0 Å². The highest BCUT2D eigenvalue weighted by atomic mass is 16.4. The fourth-order valence-corrected chi connectivity index (χ4v) is 1.35. The van der Waals surface area contributed by atoms with E-state index in [0.29, 0.717) is 5.69 Å². The average molecular weight is 249 g/mol. The fourth-order valence-electron chi connectivity index (χ4n) is 1.35. The minimum atomic E-state index is -1.26. The molecule has 0 saturated carbocycles. The van der Waals surface area contributed by atoms with Crippen LogP contribution in [0, 0.1) is 0 Å². The minimum Gasteiger partial charge on any atom is -0.550 e. The van der Waals surface area contributed by atoms with Gasteiger partial charge in [-0.25, -0.2) is 0 Å². The highest BCUT2D eigenvalue weighted by molar-refractivity contribution is 5.92. The third-order valence-electron chi connectivity index (χ3n) is 2.17. The van der Waals surface area contributed by atoms with E-state index in [-0.39, 0.29) is 19.3 Å². The minimum absolute atomic E-state index is 0.134. The average Bonchev–Trinajstić information content (AvgIpc) is 2.28. The highest BCUT2D eigenvalue weighted by Gasteiger charge is 2.03. The zero-order valence-corrected chi connectivity index (χ0v) is 9.64. The number of carbonyl (C=O) groups excluding carboxylic acids is 3. The van der Waals surface area contributed by atoms with Gasteiger partial charge in [0.25, 0.3) is 0 Å².